The van der Waals surface area contributed by atoms with Gasteiger partial charge in [-0.15, -0.1) is 17.9 Å². The number of carboxylic acid groups (broad SMARTS) is 1. The molecule has 2 heterocycles. The predicted molar refractivity (Wildman–Crippen MR) is 79.3 cm³/mol. The van der Waals surface area contributed by atoms with Gasteiger partial charge >= 0.3 is 5.97 Å². The lowest BCUT2D eigenvalue weighted by molar-refractivity contribution is -0.151. The average molecular weight is 314 g/mol. The van der Waals surface area contributed by atoms with Gasteiger partial charge < -0.3 is 10.0 Å². The van der Waals surface area contributed by atoms with Gasteiger partial charge in [0.15, 0.2) is 0 Å². The number of carbonyl (C=O) groups excluding carboxylic acids is 1. The molecule has 1 amide bonds. The van der Waals surface area contributed by atoms with E-state index >= 15 is 0 Å². The van der Waals surface area contributed by atoms with Crippen LogP contribution in [0.2, 0.25) is 4.34 Å². The summed E-state index contributed by atoms with van der Waals surface area (Å²) in [5.74, 6) is -1.00. The third-order valence-corrected chi connectivity index (χ3v) is 4.86. The van der Waals surface area contributed by atoms with Crippen molar-refractivity contribution in [1.82, 2.24) is 4.90 Å². The minimum atomic E-state index is -0.906. The number of piperidine rings is 1. The summed E-state index contributed by atoms with van der Waals surface area (Å²) in [4.78, 5) is 26.1. The Morgan fingerprint density at radius 1 is 1.55 bits per heavy atom. The lowest BCUT2D eigenvalue weighted by Gasteiger charge is -2.39. The molecule has 2 rings (SSSR count). The first kappa shape index (κ1) is 15.1. The molecule has 1 atom stereocenters. The van der Waals surface area contributed by atoms with E-state index in [1.54, 1.807) is 23.1 Å². The summed E-state index contributed by atoms with van der Waals surface area (Å²) in [5, 5.41) is 9.49. The highest BCUT2D eigenvalue weighted by molar-refractivity contribution is 7.17. The van der Waals surface area contributed by atoms with E-state index in [1.807, 2.05) is 0 Å². The second-order valence-corrected chi connectivity index (χ2v) is 6.73. The molecule has 20 heavy (non-hydrogen) atoms. The first-order chi connectivity index (χ1) is 9.48. The largest absolute Gasteiger partial charge is 0.481 e. The molecule has 1 fully saturated rings. The number of amides is 1. The van der Waals surface area contributed by atoms with Crippen LogP contribution in [0.15, 0.2) is 24.8 Å². The molecular weight excluding hydrogens is 298 g/mol. The summed E-state index contributed by atoms with van der Waals surface area (Å²) in [6.07, 6.45) is 3.25. The first-order valence-electron chi connectivity index (χ1n) is 6.37. The molecule has 0 unspecified atom stereocenters. The van der Waals surface area contributed by atoms with Crippen molar-refractivity contribution < 1.29 is 14.7 Å². The number of hydrogen-bond donors (Lipinski definition) is 1. The third kappa shape index (κ3) is 2.88. The molecule has 6 heteroatoms. The van der Waals surface area contributed by atoms with Gasteiger partial charge in [-0.05, 0) is 31.4 Å². The van der Waals surface area contributed by atoms with E-state index in [0.717, 1.165) is 0 Å². The Morgan fingerprint density at radius 2 is 2.30 bits per heavy atom. The third-order valence-electron chi connectivity index (χ3n) is 3.64. The molecule has 1 aromatic rings. The van der Waals surface area contributed by atoms with Crippen molar-refractivity contribution in [1.29, 1.82) is 0 Å². The monoisotopic (exact) mass is 313 g/mol. The highest BCUT2D eigenvalue weighted by Crippen LogP contribution is 2.35. The minimum Gasteiger partial charge on any atom is -0.481 e. The predicted octanol–water partition coefficient (Wildman–Crippen LogP) is 3.28. The fourth-order valence-corrected chi connectivity index (χ4v) is 3.61. The Morgan fingerprint density at radius 3 is 2.85 bits per heavy atom. The van der Waals surface area contributed by atoms with Crippen molar-refractivity contribution in [2.75, 3.05) is 13.1 Å². The molecule has 1 N–H and O–H groups in total. The van der Waals surface area contributed by atoms with Crippen molar-refractivity contribution in [2.24, 2.45) is 5.41 Å². The number of thiophene rings is 1. The van der Waals surface area contributed by atoms with Crippen molar-refractivity contribution in [3.63, 3.8) is 0 Å². The smallest absolute Gasteiger partial charge is 0.311 e. The molecule has 0 aliphatic carbocycles. The fraction of sp³-hybridized carbons (Fsp3) is 0.429. The molecule has 0 radical (unpaired) electrons. The number of allylic oxidation sites excluding steroid dienone is 1. The van der Waals surface area contributed by atoms with Crippen LogP contribution in [0.25, 0.3) is 0 Å². The Kier molecular flexibility index (Phi) is 4.50. The molecule has 0 saturated carbocycles. The SMILES string of the molecule is C=CC[C@@]1(C(=O)O)CCCN(C(=O)c2ccc(Cl)s2)C1. The summed E-state index contributed by atoms with van der Waals surface area (Å²) in [7, 11) is 0. The zero-order chi connectivity index (χ0) is 14.8. The van der Waals surface area contributed by atoms with Crippen molar-refractivity contribution >= 4 is 34.8 Å². The van der Waals surface area contributed by atoms with Crippen LogP contribution >= 0.6 is 22.9 Å². The van der Waals surface area contributed by atoms with Crippen molar-refractivity contribution in [2.45, 2.75) is 19.3 Å². The van der Waals surface area contributed by atoms with Gasteiger partial charge in [0.2, 0.25) is 0 Å². The number of carbonyl (C=O) groups is 2. The van der Waals surface area contributed by atoms with Crippen LogP contribution in [0.3, 0.4) is 0 Å². The van der Waals surface area contributed by atoms with Crippen molar-refractivity contribution in [3.05, 3.63) is 34.0 Å². The Bertz CT molecular complexity index is 542. The second-order valence-electron chi connectivity index (χ2n) is 5.01. The Labute approximate surface area is 126 Å². The van der Waals surface area contributed by atoms with Crippen LogP contribution in [0.1, 0.15) is 28.9 Å². The molecule has 0 bridgehead atoms. The summed E-state index contributed by atoms with van der Waals surface area (Å²) in [6, 6.07) is 3.36. The lowest BCUT2D eigenvalue weighted by atomic mass is 9.77. The first-order valence-corrected chi connectivity index (χ1v) is 7.57. The van der Waals surface area contributed by atoms with Crippen molar-refractivity contribution in [3.8, 4) is 0 Å². The molecule has 0 spiro atoms. The normalized spacial score (nSPS) is 22.6. The van der Waals surface area contributed by atoms with E-state index in [0.29, 0.717) is 35.0 Å². The molecule has 0 aromatic carbocycles. The second kappa shape index (κ2) is 5.97. The molecule has 1 aliphatic rings. The maximum Gasteiger partial charge on any atom is 0.311 e. The quantitative estimate of drug-likeness (QED) is 0.868. The summed E-state index contributed by atoms with van der Waals surface area (Å²) < 4.78 is 0.556. The molecule has 4 nitrogen and oxygen atoms in total. The van der Waals surface area contributed by atoms with Crippen LogP contribution in [-0.2, 0) is 4.79 Å². The summed E-state index contributed by atoms with van der Waals surface area (Å²) in [5.41, 5.74) is -0.906. The summed E-state index contributed by atoms with van der Waals surface area (Å²) >= 11 is 7.06. The van der Waals surface area contributed by atoms with Gasteiger partial charge in [0.05, 0.1) is 14.6 Å². The number of halogens is 1. The zero-order valence-electron chi connectivity index (χ0n) is 11.0. The van der Waals surface area contributed by atoms with E-state index in [9.17, 15) is 14.7 Å². The topological polar surface area (TPSA) is 57.6 Å². The highest BCUT2D eigenvalue weighted by Gasteiger charge is 2.42. The standard InChI is InChI=1S/C14H16ClNO3S/c1-2-6-14(13(18)19)7-3-8-16(9-14)12(17)10-4-5-11(15)20-10/h2,4-5H,1,3,6-9H2,(H,18,19)/t14-/m1/s1. The summed E-state index contributed by atoms with van der Waals surface area (Å²) in [6.45, 7) is 4.44. The van der Waals surface area contributed by atoms with Crippen LogP contribution in [-0.4, -0.2) is 35.0 Å². The Hall–Kier alpha value is -1.33. The van der Waals surface area contributed by atoms with Gasteiger partial charge in [0.25, 0.3) is 5.91 Å². The van der Waals surface area contributed by atoms with Gasteiger partial charge in [0, 0.05) is 13.1 Å². The maximum absolute atomic E-state index is 12.4. The van der Waals surface area contributed by atoms with Gasteiger partial charge in [-0.1, -0.05) is 17.7 Å². The highest BCUT2D eigenvalue weighted by atomic mass is 35.5. The molecule has 108 valence electrons. The lowest BCUT2D eigenvalue weighted by Crippen LogP contribution is -2.49. The average Bonchev–Trinajstić information content (AvgIpc) is 2.85. The number of carboxylic acids is 1. The van der Waals surface area contributed by atoms with Crippen LogP contribution in [0.5, 0.6) is 0 Å². The number of aliphatic carboxylic acids is 1. The van der Waals surface area contributed by atoms with E-state index < -0.39 is 11.4 Å². The number of nitrogens with zero attached hydrogens (tertiary/aromatic N) is 1. The molecule has 1 aliphatic heterocycles. The minimum absolute atomic E-state index is 0.142. The van der Waals surface area contributed by atoms with Gasteiger partial charge in [-0.25, -0.2) is 0 Å². The van der Waals surface area contributed by atoms with E-state index in [4.69, 9.17) is 11.6 Å². The Balaban J connectivity index is 2.19. The fourth-order valence-electron chi connectivity index (χ4n) is 2.59. The molecular formula is C14H16ClNO3S. The molecule has 1 saturated heterocycles. The van der Waals surface area contributed by atoms with Gasteiger partial charge in [0.1, 0.15) is 0 Å². The number of likely N-dealkylation sites (tertiary alicyclic amines) is 1. The van der Waals surface area contributed by atoms with Crippen LogP contribution < -0.4 is 0 Å². The van der Waals surface area contributed by atoms with Crippen LogP contribution in [0, 0.1) is 5.41 Å². The van der Waals surface area contributed by atoms with Gasteiger partial charge in [-0.2, -0.15) is 0 Å². The zero-order valence-corrected chi connectivity index (χ0v) is 12.5. The maximum atomic E-state index is 12.4. The van der Waals surface area contributed by atoms with E-state index in [1.165, 1.54) is 11.3 Å². The van der Waals surface area contributed by atoms with Crippen LogP contribution in [0.4, 0.5) is 0 Å². The van der Waals surface area contributed by atoms with Gasteiger partial charge in [-0.3, -0.25) is 9.59 Å². The molecule has 1 aromatic heterocycles. The van der Waals surface area contributed by atoms with E-state index in [-0.39, 0.29) is 12.5 Å². The number of rotatable bonds is 4. The van der Waals surface area contributed by atoms with E-state index in [2.05, 4.69) is 6.58 Å². The number of hydrogen-bond acceptors (Lipinski definition) is 3.